The Kier molecular flexibility index (Phi) is 3.59. The second-order valence-corrected chi connectivity index (χ2v) is 3.25. The predicted molar refractivity (Wildman–Crippen MR) is 52.2 cm³/mol. The van der Waals surface area contributed by atoms with Crippen LogP contribution >= 0.6 is 23.2 Å². The second-order valence-electron chi connectivity index (χ2n) is 2.47. The molecule has 3 nitrogen and oxygen atoms in total. The molecule has 0 aliphatic heterocycles. The average molecular weight is 221 g/mol. The molecule has 1 rings (SSSR count). The molecule has 6 heteroatoms. The van der Waals surface area contributed by atoms with E-state index < -0.39 is 7.12 Å². The highest BCUT2D eigenvalue weighted by Gasteiger charge is 2.20. The Balaban J connectivity index is 3.30. The number of halogens is 2. The first kappa shape index (κ1) is 10.8. The highest BCUT2D eigenvalue weighted by atomic mass is 35.5. The van der Waals surface area contributed by atoms with E-state index >= 15 is 0 Å². The van der Waals surface area contributed by atoms with E-state index in [0.717, 1.165) is 0 Å². The van der Waals surface area contributed by atoms with Crippen molar-refractivity contribution in [2.24, 2.45) is 0 Å². The van der Waals surface area contributed by atoms with Gasteiger partial charge in [-0.25, -0.2) is 0 Å². The van der Waals surface area contributed by atoms with Gasteiger partial charge in [-0.05, 0) is 11.6 Å². The Morgan fingerprint density at radius 2 is 1.85 bits per heavy atom. The summed E-state index contributed by atoms with van der Waals surface area (Å²) in [6.45, 7) is -0.268. The average Bonchev–Trinajstić information content (AvgIpc) is 2.04. The zero-order valence-corrected chi connectivity index (χ0v) is 8.05. The van der Waals surface area contributed by atoms with Gasteiger partial charge in [0.15, 0.2) is 0 Å². The molecule has 0 amide bonds. The minimum Gasteiger partial charge on any atom is -0.423 e. The lowest BCUT2D eigenvalue weighted by atomic mass is 9.79. The normalized spacial score (nSPS) is 10.2. The van der Waals surface area contributed by atoms with Crippen molar-refractivity contribution in [2.75, 3.05) is 0 Å². The summed E-state index contributed by atoms with van der Waals surface area (Å²) in [7, 11) is -1.73. The molecular weight excluding hydrogens is 214 g/mol. The maximum Gasteiger partial charge on any atom is 0.491 e. The number of rotatable bonds is 2. The third-order valence-electron chi connectivity index (χ3n) is 1.64. The van der Waals surface area contributed by atoms with Crippen molar-refractivity contribution in [1.29, 1.82) is 0 Å². The van der Waals surface area contributed by atoms with E-state index in [9.17, 15) is 0 Å². The Bertz CT molecular complexity index is 317. The molecule has 0 saturated carbocycles. The Morgan fingerprint density at radius 1 is 1.23 bits per heavy atom. The van der Waals surface area contributed by atoms with Crippen LogP contribution in [0.4, 0.5) is 0 Å². The highest BCUT2D eigenvalue weighted by molar-refractivity contribution is 6.66. The van der Waals surface area contributed by atoms with Gasteiger partial charge < -0.3 is 15.2 Å². The molecule has 0 radical (unpaired) electrons. The van der Waals surface area contributed by atoms with Crippen LogP contribution in [0.3, 0.4) is 0 Å². The SMILES string of the molecule is OCc1ccc(Cl)c(B(O)O)c1Cl. The van der Waals surface area contributed by atoms with Crippen molar-refractivity contribution in [2.45, 2.75) is 6.61 Å². The van der Waals surface area contributed by atoms with Gasteiger partial charge in [-0.2, -0.15) is 0 Å². The van der Waals surface area contributed by atoms with E-state index in [4.69, 9.17) is 38.4 Å². The lowest BCUT2D eigenvalue weighted by Crippen LogP contribution is -2.32. The molecule has 13 heavy (non-hydrogen) atoms. The zero-order chi connectivity index (χ0) is 10.0. The molecular formula is C7H7BCl2O3. The zero-order valence-electron chi connectivity index (χ0n) is 6.54. The standard InChI is InChI=1S/C7H7BCl2O3/c9-5-2-1-4(3-11)7(10)6(5)8(12)13/h1-2,11-13H,3H2. The van der Waals surface area contributed by atoms with Crippen LogP contribution in [0.15, 0.2) is 12.1 Å². The van der Waals surface area contributed by atoms with E-state index in [-0.39, 0.29) is 22.1 Å². The predicted octanol–water partition coefficient (Wildman–Crippen LogP) is 0.166. The topological polar surface area (TPSA) is 60.7 Å². The van der Waals surface area contributed by atoms with Gasteiger partial charge in [-0.15, -0.1) is 0 Å². The Morgan fingerprint density at radius 3 is 2.31 bits per heavy atom. The van der Waals surface area contributed by atoms with Crippen LogP contribution in [0.25, 0.3) is 0 Å². The van der Waals surface area contributed by atoms with Gasteiger partial charge in [0.2, 0.25) is 0 Å². The van der Waals surface area contributed by atoms with Gasteiger partial charge >= 0.3 is 7.12 Å². The van der Waals surface area contributed by atoms with Gasteiger partial charge in [0.1, 0.15) is 0 Å². The highest BCUT2D eigenvalue weighted by Crippen LogP contribution is 2.19. The molecule has 0 atom stereocenters. The fourth-order valence-corrected chi connectivity index (χ4v) is 1.60. The summed E-state index contributed by atoms with van der Waals surface area (Å²) >= 11 is 11.4. The Hall–Kier alpha value is -0.255. The summed E-state index contributed by atoms with van der Waals surface area (Å²) in [5.74, 6) is 0. The first-order chi connectivity index (χ1) is 6.07. The van der Waals surface area contributed by atoms with Crippen LogP contribution in [-0.4, -0.2) is 22.3 Å². The quantitative estimate of drug-likeness (QED) is 0.623. The van der Waals surface area contributed by atoms with Crippen molar-refractivity contribution >= 4 is 35.8 Å². The van der Waals surface area contributed by atoms with E-state index in [0.29, 0.717) is 5.56 Å². The molecule has 0 bridgehead atoms. The van der Waals surface area contributed by atoms with Gasteiger partial charge in [-0.1, -0.05) is 29.3 Å². The van der Waals surface area contributed by atoms with Gasteiger partial charge in [-0.3, -0.25) is 0 Å². The lowest BCUT2D eigenvalue weighted by molar-refractivity contribution is 0.282. The molecule has 0 fully saturated rings. The van der Waals surface area contributed by atoms with Crippen LogP contribution in [0.2, 0.25) is 10.0 Å². The summed E-state index contributed by atoms with van der Waals surface area (Å²) in [6.07, 6.45) is 0. The summed E-state index contributed by atoms with van der Waals surface area (Å²) in [5.41, 5.74) is 0.434. The van der Waals surface area contributed by atoms with E-state index in [2.05, 4.69) is 0 Å². The molecule has 0 unspecified atom stereocenters. The second kappa shape index (κ2) is 4.31. The summed E-state index contributed by atoms with van der Waals surface area (Å²) in [5, 5.41) is 26.9. The fraction of sp³-hybridized carbons (Fsp3) is 0.143. The third-order valence-corrected chi connectivity index (χ3v) is 2.41. The molecule has 0 aliphatic carbocycles. The number of aliphatic hydroxyl groups is 1. The van der Waals surface area contributed by atoms with Crippen LogP contribution < -0.4 is 5.46 Å². The van der Waals surface area contributed by atoms with Crippen LogP contribution in [0.1, 0.15) is 5.56 Å². The van der Waals surface area contributed by atoms with Crippen molar-refractivity contribution in [3.05, 3.63) is 27.7 Å². The third kappa shape index (κ3) is 2.16. The molecule has 0 saturated heterocycles. The fourth-order valence-electron chi connectivity index (χ4n) is 0.973. The van der Waals surface area contributed by atoms with Crippen LogP contribution in [-0.2, 0) is 6.61 Å². The monoisotopic (exact) mass is 220 g/mol. The maximum atomic E-state index is 8.91. The summed E-state index contributed by atoms with van der Waals surface area (Å²) in [4.78, 5) is 0. The van der Waals surface area contributed by atoms with Gasteiger partial charge in [0.25, 0.3) is 0 Å². The first-order valence-corrected chi connectivity index (χ1v) is 4.27. The molecule has 1 aromatic carbocycles. The van der Waals surface area contributed by atoms with Gasteiger partial charge in [0, 0.05) is 15.5 Å². The van der Waals surface area contributed by atoms with Crippen molar-refractivity contribution in [1.82, 2.24) is 0 Å². The molecule has 1 aromatic rings. The number of hydrogen-bond donors (Lipinski definition) is 3. The van der Waals surface area contributed by atoms with Gasteiger partial charge in [0.05, 0.1) is 6.61 Å². The number of benzene rings is 1. The van der Waals surface area contributed by atoms with Crippen molar-refractivity contribution in [3.63, 3.8) is 0 Å². The first-order valence-electron chi connectivity index (χ1n) is 3.51. The lowest BCUT2D eigenvalue weighted by Gasteiger charge is -2.08. The number of hydrogen-bond acceptors (Lipinski definition) is 3. The minimum atomic E-state index is -1.73. The molecule has 0 aliphatic rings. The van der Waals surface area contributed by atoms with Crippen molar-refractivity contribution in [3.8, 4) is 0 Å². The molecule has 0 heterocycles. The maximum absolute atomic E-state index is 8.91. The van der Waals surface area contributed by atoms with E-state index in [1.807, 2.05) is 0 Å². The smallest absolute Gasteiger partial charge is 0.423 e. The largest absolute Gasteiger partial charge is 0.491 e. The minimum absolute atomic E-state index is 0.0230. The Labute approximate surface area is 85.7 Å². The molecule has 0 spiro atoms. The van der Waals surface area contributed by atoms with Crippen LogP contribution in [0.5, 0.6) is 0 Å². The summed E-state index contributed by atoms with van der Waals surface area (Å²) in [6, 6.07) is 2.98. The van der Waals surface area contributed by atoms with Crippen LogP contribution in [0, 0.1) is 0 Å². The molecule has 70 valence electrons. The number of aliphatic hydroxyl groups excluding tert-OH is 1. The summed E-state index contributed by atoms with van der Waals surface area (Å²) < 4.78 is 0. The van der Waals surface area contributed by atoms with E-state index in [1.54, 1.807) is 0 Å². The molecule has 0 aromatic heterocycles. The van der Waals surface area contributed by atoms with E-state index in [1.165, 1.54) is 12.1 Å². The van der Waals surface area contributed by atoms with Crippen molar-refractivity contribution < 1.29 is 15.2 Å². The molecule has 3 N–H and O–H groups in total.